The predicted molar refractivity (Wildman–Crippen MR) is 95.5 cm³/mol. The molecule has 0 saturated carbocycles. The molecule has 1 N–H and O–H groups in total. The average molecular weight is 325 g/mol. The van der Waals surface area contributed by atoms with E-state index in [0.29, 0.717) is 5.75 Å². The number of aryl methyl sites for hydroxylation is 1. The molecule has 1 saturated heterocycles. The lowest BCUT2D eigenvalue weighted by atomic mass is 9.95. The fraction of sp³-hybridized carbons (Fsp3) is 0.368. The third kappa shape index (κ3) is 3.67. The zero-order chi connectivity index (χ0) is 16.9. The maximum Gasteiger partial charge on any atom is 0.227 e. The van der Waals surface area contributed by atoms with E-state index in [-0.39, 0.29) is 11.8 Å². The number of anilines is 2. The van der Waals surface area contributed by atoms with Gasteiger partial charge in [0.15, 0.2) is 0 Å². The monoisotopic (exact) mass is 325 g/mol. The van der Waals surface area contributed by atoms with Crippen molar-refractivity contribution in [2.24, 2.45) is 5.92 Å². The molecule has 1 fully saturated rings. The van der Waals surface area contributed by atoms with Crippen molar-refractivity contribution in [1.29, 1.82) is 0 Å². The highest BCUT2D eigenvalue weighted by Crippen LogP contribution is 2.27. The molecule has 1 amide bonds. The second-order valence-electron chi connectivity index (χ2n) is 6.09. The lowest BCUT2D eigenvalue weighted by Gasteiger charge is -2.32. The summed E-state index contributed by atoms with van der Waals surface area (Å²) in [5.74, 6) is 1.78. The molecular formula is C19H23N3O2. The molecule has 0 unspecified atom stereocenters. The molecular weight excluding hydrogens is 302 g/mol. The topological polar surface area (TPSA) is 54.5 Å². The number of aromatic nitrogens is 1. The van der Waals surface area contributed by atoms with Gasteiger partial charge >= 0.3 is 0 Å². The van der Waals surface area contributed by atoms with E-state index in [1.165, 1.54) is 0 Å². The minimum absolute atomic E-state index is 0.0240. The molecule has 1 aliphatic rings. The van der Waals surface area contributed by atoms with Crippen LogP contribution in [0.5, 0.6) is 5.75 Å². The van der Waals surface area contributed by atoms with Gasteiger partial charge in [-0.25, -0.2) is 4.98 Å². The quantitative estimate of drug-likeness (QED) is 0.937. The van der Waals surface area contributed by atoms with Crippen LogP contribution in [-0.4, -0.2) is 31.1 Å². The number of hydrogen-bond acceptors (Lipinski definition) is 4. The molecule has 24 heavy (non-hydrogen) atoms. The number of methoxy groups -OCH3 is 1. The fourth-order valence-electron chi connectivity index (χ4n) is 3.06. The first-order chi connectivity index (χ1) is 11.7. The molecule has 3 rings (SSSR count). The van der Waals surface area contributed by atoms with E-state index in [0.717, 1.165) is 43.1 Å². The molecule has 1 aromatic carbocycles. The molecule has 126 valence electrons. The lowest BCUT2D eigenvalue weighted by molar-refractivity contribution is -0.120. The van der Waals surface area contributed by atoms with Crippen LogP contribution in [0, 0.1) is 12.8 Å². The first kappa shape index (κ1) is 16.3. The number of pyridine rings is 1. The van der Waals surface area contributed by atoms with Gasteiger partial charge in [0.2, 0.25) is 5.91 Å². The van der Waals surface area contributed by atoms with Crippen molar-refractivity contribution in [2.75, 3.05) is 30.4 Å². The molecule has 0 radical (unpaired) electrons. The smallest absolute Gasteiger partial charge is 0.227 e. The van der Waals surface area contributed by atoms with Gasteiger partial charge in [-0.2, -0.15) is 0 Å². The minimum atomic E-state index is 0.0240. The van der Waals surface area contributed by atoms with Crippen molar-refractivity contribution in [3.8, 4) is 5.75 Å². The van der Waals surface area contributed by atoms with Gasteiger partial charge < -0.3 is 15.0 Å². The number of para-hydroxylation sites is 2. The Morgan fingerprint density at radius 1 is 1.17 bits per heavy atom. The number of hydrogen-bond donors (Lipinski definition) is 1. The number of ether oxygens (including phenoxy) is 1. The highest BCUT2D eigenvalue weighted by Gasteiger charge is 2.26. The summed E-state index contributed by atoms with van der Waals surface area (Å²) >= 11 is 0. The van der Waals surface area contributed by atoms with Gasteiger partial charge in [-0.15, -0.1) is 0 Å². The van der Waals surface area contributed by atoms with E-state index < -0.39 is 0 Å². The Hall–Kier alpha value is -2.56. The van der Waals surface area contributed by atoms with Crippen LogP contribution < -0.4 is 15.0 Å². The molecule has 0 bridgehead atoms. The van der Waals surface area contributed by atoms with Crippen LogP contribution in [0.3, 0.4) is 0 Å². The van der Waals surface area contributed by atoms with E-state index in [9.17, 15) is 4.79 Å². The van der Waals surface area contributed by atoms with Crippen molar-refractivity contribution in [3.63, 3.8) is 0 Å². The van der Waals surface area contributed by atoms with Crippen LogP contribution in [0.1, 0.15) is 18.5 Å². The van der Waals surface area contributed by atoms with Gasteiger partial charge in [-0.1, -0.05) is 18.2 Å². The highest BCUT2D eigenvalue weighted by molar-refractivity contribution is 5.94. The van der Waals surface area contributed by atoms with Crippen molar-refractivity contribution in [1.82, 2.24) is 4.98 Å². The molecule has 0 atom stereocenters. The number of piperidine rings is 1. The summed E-state index contributed by atoms with van der Waals surface area (Å²) in [4.78, 5) is 19.3. The third-order valence-electron chi connectivity index (χ3n) is 4.43. The fourth-order valence-corrected chi connectivity index (χ4v) is 3.06. The molecule has 1 aromatic heterocycles. The van der Waals surface area contributed by atoms with Gasteiger partial charge in [0.25, 0.3) is 0 Å². The number of amides is 1. The largest absolute Gasteiger partial charge is 0.495 e. The Bertz CT molecular complexity index is 709. The molecule has 5 heteroatoms. The van der Waals surface area contributed by atoms with Crippen LogP contribution in [0.15, 0.2) is 42.5 Å². The first-order valence-corrected chi connectivity index (χ1v) is 8.30. The molecule has 0 spiro atoms. The summed E-state index contributed by atoms with van der Waals surface area (Å²) in [5, 5.41) is 3.00. The van der Waals surface area contributed by atoms with Crippen molar-refractivity contribution in [2.45, 2.75) is 19.8 Å². The van der Waals surface area contributed by atoms with Crippen LogP contribution in [0.4, 0.5) is 11.5 Å². The van der Waals surface area contributed by atoms with Crippen LogP contribution in [0.25, 0.3) is 0 Å². The Balaban J connectivity index is 1.59. The van der Waals surface area contributed by atoms with E-state index >= 15 is 0 Å². The maximum absolute atomic E-state index is 12.5. The lowest BCUT2D eigenvalue weighted by Crippen LogP contribution is -2.38. The van der Waals surface area contributed by atoms with Gasteiger partial charge in [0, 0.05) is 24.7 Å². The predicted octanol–water partition coefficient (Wildman–Crippen LogP) is 3.25. The summed E-state index contributed by atoms with van der Waals surface area (Å²) in [6, 6.07) is 13.5. The number of rotatable bonds is 4. The number of nitrogens with zero attached hydrogens (tertiary/aromatic N) is 2. The van der Waals surface area contributed by atoms with Crippen LogP contribution in [-0.2, 0) is 4.79 Å². The van der Waals surface area contributed by atoms with Crippen molar-refractivity contribution >= 4 is 17.4 Å². The van der Waals surface area contributed by atoms with Gasteiger partial charge in [0.1, 0.15) is 11.6 Å². The standard InChI is InChI=1S/C19H23N3O2/c1-14-6-5-9-18(20-14)22-12-10-15(11-13-22)19(23)21-16-7-3-4-8-17(16)24-2/h3-9,15H,10-13H2,1-2H3,(H,21,23). The van der Waals surface area contributed by atoms with Gasteiger partial charge in [-0.3, -0.25) is 4.79 Å². The molecule has 0 aliphatic carbocycles. The van der Waals surface area contributed by atoms with Crippen molar-refractivity contribution in [3.05, 3.63) is 48.2 Å². The summed E-state index contributed by atoms with van der Waals surface area (Å²) in [6.45, 7) is 3.69. The van der Waals surface area contributed by atoms with Crippen molar-refractivity contribution < 1.29 is 9.53 Å². The van der Waals surface area contributed by atoms with E-state index in [1.807, 2.05) is 49.4 Å². The Labute approximate surface area is 142 Å². The molecule has 2 aromatic rings. The second kappa shape index (κ2) is 7.34. The minimum Gasteiger partial charge on any atom is -0.495 e. The van der Waals surface area contributed by atoms with Gasteiger partial charge in [-0.05, 0) is 44.0 Å². The zero-order valence-corrected chi connectivity index (χ0v) is 14.2. The molecule has 1 aliphatic heterocycles. The summed E-state index contributed by atoms with van der Waals surface area (Å²) < 4.78 is 5.29. The maximum atomic E-state index is 12.5. The second-order valence-corrected chi connectivity index (χ2v) is 6.09. The summed E-state index contributed by atoms with van der Waals surface area (Å²) in [7, 11) is 1.61. The molecule has 2 heterocycles. The summed E-state index contributed by atoms with van der Waals surface area (Å²) in [6.07, 6.45) is 1.66. The number of carbonyl (C=O) groups excluding carboxylic acids is 1. The number of benzene rings is 1. The SMILES string of the molecule is COc1ccccc1NC(=O)C1CCN(c2cccc(C)n2)CC1. The Morgan fingerprint density at radius 2 is 1.92 bits per heavy atom. The van der Waals surface area contributed by atoms with E-state index in [4.69, 9.17) is 4.74 Å². The molecule has 5 nitrogen and oxygen atoms in total. The first-order valence-electron chi connectivity index (χ1n) is 8.30. The zero-order valence-electron chi connectivity index (χ0n) is 14.2. The van der Waals surface area contributed by atoms with Gasteiger partial charge in [0.05, 0.1) is 12.8 Å². The van der Waals surface area contributed by atoms with E-state index in [1.54, 1.807) is 7.11 Å². The van der Waals surface area contributed by atoms with Crippen LogP contribution >= 0.6 is 0 Å². The normalized spacial score (nSPS) is 15.2. The van der Waals surface area contributed by atoms with E-state index in [2.05, 4.69) is 15.2 Å². The number of carbonyl (C=O) groups is 1. The third-order valence-corrected chi connectivity index (χ3v) is 4.43. The highest BCUT2D eigenvalue weighted by atomic mass is 16.5. The Kier molecular flexibility index (Phi) is 4.99. The van der Waals surface area contributed by atoms with Crippen LogP contribution in [0.2, 0.25) is 0 Å². The number of nitrogens with one attached hydrogen (secondary N) is 1. The summed E-state index contributed by atoms with van der Waals surface area (Å²) in [5.41, 5.74) is 1.75. The Morgan fingerprint density at radius 3 is 2.62 bits per heavy atom. The average Bonchev–Trinajstić information content (AvgIpc) is 2.62.